The third kappa shape index (κ3) is 7.97. The lowest BCUT2D eigenvalue weighted by Crippen LogP contribution is -2.51. The van der Waals surface area contributed by atoms with Crippen LogP contribution >= 0.6 is 0 Å². The molecule has 0 saturated carbocycles. The van der Waals surface area contributed by atoms with Crippen LogP contribution in [0.5, 0.6) is 17.2 Å². The fourth-order valence-electron chi connectivity index (χ4n) is 5.46. The second-order valence-electron chi connectivity index (χ2n) is 11.5. The van der Waals surface area contributed by atoms with Crippen LogP contribution < -0.4 is 24.8 Å². The Hall–Kier alpha value is -3.63. The molecule has 2 amide bonds. The Bertz CT molecular complexity index is 1450. The van der Waals surface area contributed by atoms with Crippen molar-refractivity contribution in [3.05, 3.63) is 48.0 Å². The minimum atomic E-state index is -4.09. The van der Waals surface area contributed by atoms with E-state index in [0.717, 1.165) is 0 Å². The van der Waals surface area contributed by atoms with Crippen molar-refractivity contribution in [3.63, 3.8) is 0 Å². The number of amides is 2. The summed E-state index contributed by atoms with van der Waals surface area (Å²) in [5, 5.41) is 16.7. The third-order valence-electron chi connectivity index (χ3n) is 7.75. The summed E-state index contributed by atoms with van der Waals surface area (Å²) in [5.41, 5.74) is 0.686. The topological polar surface area (TPSA) is 171 Å². The van der Waals surface area contributed by atoms with E-state index in [9.17, 15) is 23.1 Å². The maximum atomic E-state index is 13.8. The molecule has 2 aromatic carbocycles. The number of sulfonamides is 1. The number of carbonyl (C=O) groups excluding carboxylic acids is 2. The van der Waals surface area contributed by atoms with Crippen molar-refractivity contribution in [2.24, 2.45) is 11.8 Å². The van der Waals surface area contributed by atoms with Crippen molar-refractivity contribution >= 4 is 22.2 Å². The van der Waals surface area contributed by atoms with E-state index < -0.39 is 46.7 Å². The quantitative estimate of drug-likeness (QED) is 0.308. The molecule has 2 aromatic rings. The largest absolute Gasteiger partial charge is 0.454 e. The molecule has 45 heavy (non-hydrogen) atoms. The molecule has 3 aliphatic rings. The number of fused-ring (bicyclic) bond motifs is 2. The standard InChI is InChI=1S/C30H39N3O11S/c1-18(2)14-33(45(37,38)21-8-9-25-26(13-21)42-17-41-25)15-24(34)23(12-19-4-6-20(7-5-19)43-29(35)31-3)32-30(36)44-27-16-40-28-22(27)10-11-39-28/h4-9,13,18,22-24,27-28,34H,10-12,14-17H2,1-3H3,(H,31,35)(H,32,36)/t22-,23-,24+,27+,28+/m0/s1. The Kier molecular flexibility index (Phi) is 10.3. The molecule has 2 saturated heterocycles. The van der Waals surface area contributed by atoms with Crippen molar-refractivity contribution in [3.8, 4) is 17.2 Å². The highest BCUT2D eigenvalue weighted by Gasteiger charge is 2.44. The van der Waals surface area contributed by atoms with Gasteiger partial charge in [-0.15, -0.1) is 0 Å². The second kappa shape index (κ2) is 14.2. The van der Waals surface area contributed by atoms with Gasteiger partial charge in [-0.25, -0.2) is 18.0 Å². The van der Waals surface area contributed by atoms with Crippen LogP contribution in [-0.4, -0.2) is 94.7 Å². The fourth-order valence-corrected chi connectivity index (χ4v) is 7.10. The lowest BCUT2D eigenvalue weighted by Gasteiger charge is -2.31. The summed E-state index contributed by atoms with van der Waals surface area (Å²) in [6.07, 6.45) is -2.85. The molecule has 0 unspecified atom stereocenters. The highest BCUT2D eigenvalue weighted by atomic mass is 32.2. The van der Waals surface area contributed by atoms with Crippen LogP contribution in [0, 0.1) is 11.8 Å². The van der Waals surface area contributed by atoms with Gasteiger partial charge in [-0.1, -0.05) is 26.0 Å². The van der Waals surface area contributed by atoms with Crippen LogP contribution in [0.3, 0.4) is 0 Å². The van der Waals surface area contributed by atoms with Crippen LogP contribution in [0.25, 0.3) is 0 Å². The molecule has 3 aliphatic heterocycles. The van der Waals surface area contributed by atoms with E-state index in [4.69, 9.17) is 28.4 Å². The molecular formula is C30H39N3O11S. The summed E-state index contributed by atoms with van der Waals surface area (Å²) in [4.78, 5) is 24.7. The lowest BCUT2D eigenvalue weighted by atomic mass is 10.0. The normalized spacial score (nSPS) is 21.8. The average molecular weight is 650 g/mol. The maximum absolute atomic E-state index is 13.8. The Morgan fingerprint density at radius 1 is 1.04 bits per heavy atom. The lowest BCUT2D eigenvalue weighted by molar-refractivity contribution is -0.0907. The van der Waals surface area contributed by atoms with Crippen LogP contribution in [0.2, 0.25) is 0 Å². The zero-order chi connectivity index (χ0) is 32.1. The number of carbonyl (C=O) groups is 2. The van der Waals surface area contributed by atoms with Gasteiger partial charge in [0.15, 0.2) is 17.8 Å². The van der Waals surface area contributed by atoms with Gasteiger partial charge in [-0.3, -0.25) is 0 Å². The van der Waals surface area contributed by atoms with E-state index in [1.165, 1.54) is 29.6 Å². The molecule has 0 radical (unpaired) electrons. The van der Waals surface area contributed by atoms with Crippen molar-refractivity contribution < 1.29 is 51.5 Å². The summed E-state index contributed by atoms with van der Waals surface area (Å²) < 4.78 is 61.5. The number of ether oxygens (including phenoxy) is 6. The first-order valence-corrected chi connectivity index (χ1v) is 16.2. The van der Waals surface area contributed by atoms with E-state index in [1.54, 1.807) is 24.3 Å². The van der Waals surface area contributed by atoms with Crippen molar-refractivity contribution in [1.82, 2.24) is 14.9 Å². The highest BCUT2D eigenvalue weighted by molar-refractivity contribution is 7.89. The van der Waals surface area contributed by atoms with Gasteiger partial charge in [0.2, 0.25) is 16.8 Å². The summed E-state index contributed by atoms with van der Waals surface area (Å²) >= 11 is 0. The van der Waals surface area contributed by atoms with E-state index in [2.05, 4.69) is 10.6 Å². The molecule has 246 valence electrons. The molecular weight excluding hydrogens is 610 g/mol. The van der Waals surface area contributed by atoms with Gasteiger partial charge in [0, 0.05) is 26.2 Å². The first-order valence-electron chi connectivity index (χ1n) is 14.8. The van der Waals surface area contributed by atoms with Gasteiger partial charge in [-0.2, -0.15) is 4.31 Å². The molecule has 0 spiro atoms. The minimum Gasteiger partial charge on any atom is -0.454 e. The summed E-state index contributed by atoms with van der Waals surface area (Å²) in [7, 11) is -2.64. The molecule has 0 aromatic heterocycles. The van der Waals surface area contributed by atoms with Crippen molar-refractivity contribution in [1.29, 1.82) is 0 Å². The smallest absolute Gasteiger partial charge is 0.412 e. The first-order chi connectivity index (χ1) is 21.5. The van der Waals surface area contributed by atoms with Crippen LogP contribution in [0.4, 0.5) is 9.59 Å². The minimum absolute atomic E-state index is 0.00296. The van der Waals surface area contributed by atoms with E-state index in [-0.39, 0.29) is 49.6 Å². The van der Waals surface area contributed by atoms with Crippen LogP contribution in [-0.2, 0) is 30.7 Å². The van der Waals surface area contributed by atoms with E-state index >= 15 is 0 Å². The highest BCUT2D eigenvalue weighted by Crippen LogP contribution is 2.35. The van der Waals surface area contributed by atoms with Gasteiger partial charge < -0.3 is 44.2 Å². The summed E-state index contributed by atoms with van der Waals surface area (Å²) in [6, 6.07) is 9.94. The van der Waals surface area contributed by atoms with Crippen molar-refractivity contribution in [2.75, 3.05) is 40.1 Å². The number of nitrogens with one attached hydrogen (secondary N) is 2. The third-order valence-corrected chi connectivity index (χ3v) is 9.57. The SMILES string of the molecule is CNC(=O)Oc1ccc(C[C@H](NC(=O)O[C@@H]2CO[C@H]3OCC[C@H]32)[C@H](O)CN(CC(C)C)S(=O)(=O)c2ccc3c(c2)OCO3)cc1. The molecule has 5 rings (SSSR count). The zero-order valence-electron chi connectivity index (χ0n) is 25.3. The predicted octanol–water partition coefficient (Wildman–Crippen LogP) is 2.24. The van der Waals surface area contributed by atoms with Gasteiger partial charge in [0.05, 0.1) is 36.2 Å². The number of rotatable bonds is 12. The van der Waals surface area contributed by atoms with Crippen LogP contribution in [0.1, 0.15) is 25.8 Å². The molecule has 3 heterocycles. The summed E-state index contributed by atoms with van der Waals surface area (Å²) in [5.74, 6) is 0.907. The monoisotopic (exact) mass is 649 g/mol. The molecule has 2 fully saturated rings. The number of aliphatic hydroxyl groups excluding tert-OH is 1. The van der Waals surface area contributed by atoms with Gasteiger partial charge in [0.1, 0.15) is 11.9 Å². The van der Waals surface area contributed by atoms with E-state index in [1.807, 2.05) is 13.8 Å². The van der Waals surface area contributed by atoms with E-state index in [0.29, 0.717) is 35.8 Å². The maximum Gasteiger partial charge on any atom is 0.412 e. The number of hydrogen-bond acceptors (Lipinski definition) is 11. The number of nitrogens with zero attached hydrogens (tertiary/aromatic N) is 1. The number of hydrogen-bond donors (Lipinski definition) is 3. The van der Waals surface area contributed by atoms with Gasteiger partial charge in [-0.05, 0) is 48.6 Å². The molecule has 14 nitrogen and oxygen atoms in total. The molecule has 0 aliphatic carbocycles. The zero-order valence-corrected chi connectivity index (χ0v) is 26.2. The molecule has 0 bridgehead atoms. The first kappa shape index (κ1) is 32.8. The number of aliphatic hydroxyl groups is 1. The van der Waals surface area contributed by atoms with Gasteiger partial charge >= 0.3 is 12.2 Å². The van der Waals surface area contributed by atoms with Crippen molar-refractivity contribution in [2.45, 2.75) is 56.1 Å². The Morgan fingerprint density at radius 3 is 2.53 bits per heavy atom. The van der Waals surface area contributed by atoms with Gasteiger partial charge in [0.25, 0.3) is 0 Å². The summed E-state index contributed by atoms with van der Waals surface area (Å²) in [6.45, 7) is 4.24. The average Bonchev–Trinajstić information content (AvgIpc) is 3.75. The number of alkyl carbamates (subject to hydrolysis) is 1. The second-order valence-corrected chi connectivity index (χ2v) is 13.4. The molecule has 15 heteroatoms. The Balaban J connectivity index is 1.34. The van der Waals surface area contributed by atoms with Crippen LogP contribution in [0.15, 0.2) is 47.4 Å². The Labute approximate surface area is 261 Å². The molecule has 5 atom stereocenters. The predicted molar refractivity (Wildman–Crippen MR) is 158 cm³/mol. The Morgan fingerprint density at radius 2 is 1.80 bits per heavy atom. The number of benzene rings is 2. The fraction of sp³-hybridized carbons (Fsp3) is 0.533. The molecule has 3 N–H and O–H groups in total.